The van der Waals surface area contributed by atoms with E-state index in [9.17, 15) is 4.79 Å². The predicted octanol–water partition coefficient (Wildman–Crippen LogP) is 4.69. The molecule has 0 amide bonds. The van der Waals surface area contributed by atoms with Crippen LogP contribution < -0.4 is 5.56 Å². The van der Waals surface area contributed by atoms with E-state index in [0.29, 0.717) is 10.5 Å². The highest BCUT2D eigenvalue weighted by atomic mass is 32.2. The molecule has 0 saturated carbocycles. The van der Waals surface area contributed by atoms with E-state index in [-0.39, 0.29) is 5.56 Å². The molecule has 134 valence electrons. The van der Waals surface area contributed by atoms with Crippen LogP contribution in [0.3, 0.4) is 0 Å². The minimum atomic E-state index is -0.0372. The molecule has 27 heavy (non-hydrogen) atoms. The van der Waals surface area contributed by atoms with Crippen LogP contribution in [0.5, 0.6) is 0 Å². The third-order valence-electron chi connectivity index (χ3n) is 4.46. The summed E-state index contributed by atoms with van der Waals surface area (Å²) in [4.78, 5) is 22.2. The van der Waals surface area contributed by atoms with Gasteiger partial charge in [0.1, 0.15) is 0 Å². The van der Waals surface area contributed by atoms with Gasteiger partial charge in [0, 0.05) is 18.1 Å². The number of aromatic nitrogens is 3. The molecule has 0 spiro atoms. The Morgan fingerprint density at radius 2 is 1.78 bits per heavy atom. The number of pyridine rings is 1. The van der Waals surface area contributed by atoms with Crippen molar-refractivity contribution >= 4 is 22.7 Å². The second-order valence-electron chi connectivity index (χ2n) is 6.49. The van der Waals surface area contributed by atoms with E-state index in [4.69, 9.17) is 4.98 Å². The van der Waals surface area contributed by atoms with Gasteiger partial charge in [0.2, 0.25) is 0 Å². The molecule has 2 aromatic heterocycles. The summed E-state index contributed by atoms with van der Waals surface area (Å²) in [5.74, 6) is 0.720. The van der Waals surface area contributed by atoms with Crippen LogP contribution in [-0.4, -0.2) is 14.5 Å². The summed E-state index contributed by atoms with van der Waals surface area (Å²) < 4.78 is 1.74. The normalized spacial score (nSPS) is 11.0. The summed E-state index contributed by atoms with van der Waals surface area (Å²) >= 11 is 1.56. The zero-order valence-corrected chi connectivity index (χ0v) is 16.0. The van der Waals surface area contributed by atoms with E-state index in [2.05, 4.69) is 18.0 Å². The Balaban J connectivity index is 1.89. The largest absolute Gasteiger partial charge is 0.268 e. The van der Waals surface area contributed by atoms with Gasteiger partial charge in [-0.15, -0.1) is 0 Å². The Kier molecular flexibility index (Phi) is 4.77. The molecular formula is C22H19N3OS. The lowest BCUT2D eigenvalue weighted by Crippen LogP contribution is -2.22. The molecule has 0 N–H and O–H groups in total. The topological polar surface area (TPSA) is 47.8 Å². The van der Waals surface area contributed by atoms with Gasteiger partial charge in [-0.1, -0.05) is 41.6 Å². The molecule has 0 saturated heterocycles. The van der Waals surface area contributed by atoms with E-state index in [1.54, 1.807) is 28.7 Å². The van der Waals surface area contributed by atoms with E-state index >= 15 is 0 Å². The molecule has 4 rings (SSSR count). The molecule has 5 heteroatoms. The van der Waals surface area contributed by atoms with Crippen molar-refractivity contribution in [2.75, 3.05) is 0 Å². The minimum Gasteiger partial charge on any atom is -0.268 e. The van der Waals surface area contributed by atoms with Crippen molar-refractivity contribution in [2.24, 2.45) is 0 Å². The standard InChI is InChI=1S/C22H19N3OS/c1-15-7-8-20(16(2)13-15)25-21(26)18-5-3-4-6-19(18)24-22(25)27-14-17-9-11-23-12-10-17/h3-13H,14H2,1-2H3. The highest BCUT2D eigenvalue weighted by molar-refractivity contribution is 7.98. The van der Waals surface area contributed by atoms with Gasteiger partial charge in [-0.25, -0.2) is 4.98 Å². The van der Waals surface area contributed by atoms with Gasteiger partial charge in [-0.05, 0) is 55.3 Å². The summed E-state index contributed by atoms with van der Waals surface area (Å²) in [6, 6.07) is 17.6. The summed E-state index contributed by atoms with van der Waals surface area (Å²) in [5.41, 5.74) is 4.93. The van der Waals surface area contributed by atoms with Gasteiger partial charge in [0.15, 0.2) is 5.16 Å². The first-order valence-electron chi connectivity index (χ1n) is 8.74. The summed E-state index contributed by atoms with van der Waals surface area (Å²) in [5, 5.41) is 1.33. The van der Waals surface area contributed by atoms with Crippen LogP contribution in [0.1, 0.15) is 16.7 Å². The fourth-order valence-corrected chi connectivity index (χ4v) is 4.07. The first-order valence-corrected chi connectivity index (χ1v) is 9.73. The Labute approximate surface area is 161 Å². The number of hydrogen-bond acceptors (Lipinski definition) is 4. The van der Waals surface area contributed by atoms with Crippen molar-refractivity contribution in [3.63, 3.8) is 0 Å². The maximum Gasteiger partial charge on any atom is 0.266 e. The monoisotopic (exact) mass is 373 g/mol. The number of hydrogen-bond donors (Lipinski definition) is 0. The van der Waals surface area contributed by atoms with Crippen LogP contribution in [0.15, 0.2) is 76.9 Å². The number of benzene rings is 2. The molecule has 0 unspecified atom stereocenters. The lowest BCUT2D eigenvalue weighted by Gasteiger charge is -2.15. The first kappa shape index (κ1) is 17.5. The highest BCUT2D eigenvalue weighted by Crippen LogP contribution is 2.26. The van der Waals surface area contributed by atoms with Gasteiger partial charge in [-0.2, -0.15) is 0 Å². The van der Waals surface area contributed by atoms with Gasteiger partial charge in [0.25, 0.3) is 5.56 Å². The van der Waals surface area contributed by atoms with E-state index < -0.39 is 0 Å². The third-order valence-corrected chi connectivity index (χ3v) is 5.47. The van der Waals surface area contributed by atoms with E-state index in [1.165, 1.54) is 5.56 Å². The van der Waals surface area contributed by atoms with E-state index in [0.717, 1.165) is 28.1 Å². The molecule has 0 aliphatic carbocycles. The second kappa shape index (κ2) is 7.37. The molecule has 4 aromatic rings. The van der Waals surface area contributed by atoms with Crippen LogP contribution in [0, 0.1) is 13.8 Å². The quantitative estimate of drug-likeness (QED) is 0.385. The Morgan fingerprint density at radius 1 is 1.00 bits per heavy atom. The van der Waals surface area contributed by atoms with Crippen molar-refractivity contribution in [3.05, 3.63) is 94.0 Å². The lowest BCUT2D eigenvalue weighted by molar-refractivity contribution is 0.814. The molecule has 0 aliphatic rings. The van der Waals surface area contributed by atoms with Gasteiger partial charge >= 0.3 is 0 Å². The van der Waals surface area contributed by atoms with Crippen LogP contribution in [0.2, 0.25) is 0 Å². The van der Waals surface area contributed by atoms with Crippen LogP contribution in [-0.2, 0) is 5.75 Å². The number of aryl methyl sites for hydroxylation is 2. The van der Waals surface area contributed by atoms with Crippen LogP contribution in [0.4, 0.5) is 0 Å². The maximum absolute atomic E-state index is 13.3. The first-order chi connectivity index (χ1) is 13.1. The molecule has 0 radical (unpaired) electrons. The fourth-order valence-electron chi connectivity index (χ4n) is 3.10. The van der Waals surface area contributed by atoms with Crippen molar-refractivity contribution in [3.8, 4) is 5.69 Å². The summed E-state index contributed by atoms with van der Waals surface area (Å²) in [6.07, 6.45) is 3.56. The zero-order chi connectivity index (χ0) is 18.8. The number of thioether (sulfide) groups is 1. The Hall–Kier alpha value is -2.92. The Bertz CT molecular complexity index is 1170. The van der Waals surface area contributed by atoms with Crippen LogP contribution >= 0.6 is 11.8 Å². The maximum atomic E-state index is 13.3. The van der Waals surface area contributed by atoms with Crippen molar-refractivity contribution in [1.82, 2.24) is 14.5 Å². The highest BCUT2D eigenvalue weighted by Gasteiger charge is 2.15. The molecule has 0 atom stereocenters. The second-order valence-corrected chi connectivity index (χ2v) is 7.43. The molecule has 0 bridgehead atoms. The van der Waals surface area contributed by atoms with E-state index in [1.807, 2.05) is 55.5 Å². The van der Waals surface area contributed by atoms with Crippen molar-refractivity contribution in [1.29, 1.82) is 0 Å². The summed E-state index contributed by atoms with van der Waals surface area (Å²) in [6.45, 7) is 4.08. The smallest absolute Gasteiger partial charge is 0.266 e. The molecule has 0 fully saturated rings. The van der Waals surface area contributed by atoms with Crippen molar-refractivity contribution in [2.45, 2.75) is 24.8 Å². The number of para-hydroxylation sites is 1. The molecule has 0 aliphatic heterocycles. The Morgan fingerprint density at radius 3 is 2.56 bits per heavy atom. The average Bonchev–Trinajstić information content (AvgIpc) is 2.68. The molecule has 2 aromatic carbocycles. The lowest BCUT2D eigenvalue weighted by atomic mass is 10.1. The minimum absolute atomic E-state index is 0.0372. The molecule has 4 nitrogen and oxygen atoms in total. The average molecular weight is 373 g/mol. The predicted molar refractivity (Wildman–Crippen MR) is 111 cm³/mol. The van der Waals surface area contributed by atoms with Gasteiger partial charge < -0.3 is 0 Å². The number of nitrogens with zero attached hydrogens (tertiary/aromatic N) is 3. The summed E-state index contributed by atoms with van der Waals surface area (Å²) in [7, 11) is 0. The fraction of sp³-hybridized carbons (Fsp3) is 0.136. The zero-order valence-electron chi connectivity index (χ0n) is 15.2. The van der Waals surface area contributed by atoms with Gasteiger partial charge in [-0.3, -0.25) is 14.3 Å². The number of fused-ring (bicyclic) bond motifs is 1. The molecular weight excluding hydrogens is 354 g/mol. The molecule has 2 heterocycles. The number of rotatable bonds is 4. The van der Waals surface area contributed by atoms with Gasteiger partial charge in [0.05, 0.1) is 16.6 Å². The SMILES string of the molecule is Cc1ccc(-n2c(SCc3ccncc3)nc3ccccc3c2=O)c(C)c1. The van der Waals surface area contributed by atoms with Crippen molar-refractivity contribution < 1.29 is 0 Å². The van der Waals surface area contributed by atoms with Crippen LogP contribution in [0.25, 0.3) is 16.6 Å². The third kappa shape index (κ3) is 3.51.